The summed E-state index contributed by atoms with van der Waals surface area (Å²) in [6.07, 6.45) is -3.97. The number of nitrogens with one attached hydrogen (secondary N) is 1. The van der Waals surface area contributed by atoms with Crippen LogP contribution in [0, 0.1) is 6.92 Å². The number of alkyl halides is 3. The fourth-order valence-electron chi connectivity index (χ4n) is 4.63. The molecule has 14 heteroatoms. The fourth-order valence-corrected chi connectivity index (χ4v) is 4.82. The quantitative estimate of drug-likeness (QED) is 0.451. The second kappa shape index (κ2) is 11.3. The number of piperidine rings is 1. The minimum Gasteiger partial charge on any atom is -0.481 e. The highest BCUT2D eigenvalue weighted by atomic mass is 35.5. The third-order valence-corrected chi connectivity index (χ3v) is 7.00. The molecule has 4 rings (SSSR count). The summed E-state index contributed by atoms with van der Waals surface area (Å²) in [5.74, 6) is -1.41. The lowest BCUT2D eigenvalue weighted by Crippen LogP contribution is -2.47. The van der Waals surface area contributed by atoms with Crippen LogP contribution in [0.5, 0.6) is 5.75 Å². The van der Waals surface area contributed by atoms with Crippen LogP contribution in [-0.2, 0) is 18.4 Å². The van der Waals surface area contributed by atoms with E-state index in [9.17, 15) is 27.6 Å². The van der Waals surface area contributed by atoms with Crippen molar-refractivity contribution in [2.75, 3.05) is 26.3 Å². The van der Waals surface area contributed by atoms with E-state index < -0.39 is 42.5 Å². The van der Waals surface area contributed by atoms with Crippen molar-refractivity contribution in [3.05, 3.63) is 56.7 Å². The highest BCUT2D eigenvalue weighted by Crippen LogP contribution is 2.32. The Morgan fingerprint density at radius 1 is 1.23 bits per heavy atom. The Labute approximate surface area is 225 Å². The van der Waals surface area contributed by atoms with Crippen LogP contribution < -0.4 is 15.6 Å². The molecule has 2 N–H and O–H groups in total. The molecule has 0 unspecified atom stereocenters. The average Bonchev–Trinajstić information content (AvgIpc) is 3.17. The molecule has 0 radical (unpaired) electrons. The average molecular weight is 570 g/mol. The van der Waals surface area contributed by atoms with Crippen molar-refractivity contribution in [3.63, 3.8) is 0 Å². The molecule has 0 saturated carbocycles. The second-order valence-corrected chi connectivity index (χ2v) is 9.67. The standard InChI is InChI=1S/C25H27ClF3N5O5/c1-14-30-22-19(24(38)34(14)11-15-5-3-4-6-17(15)26)21(39-13-25(27,28)29)20(32(22)2)23(37)31-16-7-9-33(10-8-16)18(36)12-35/h3-6,16,35H,7-13H2,1-2H3,(H,31,37). The van der Waals surface area contributed by atoms with Gasteiger partial charge in [-0.15, -0.1) is 0 Å². The van der Waals surface area contributed by atoms with E-state index >= 15 is 0 Å². The van der Waals surface area contributed by atoms with Gasteiger partial charge in [-0.1, -0.05) is 29.8 Å². The van der Waals surface area contributed by atoms with Crippen molar-refractivity contribution in [1.29, 1.82) is 0 Å². The number of aromatic nitrogens is 3. The fraction of sp³-hybridized carbons (Fsp3) is 0.440. The van der Waals surface area contributed by atoms with Crippen LogP contribution in [0.25, 0.3) is 11.0 Å². The minimum atomic E-state index is -4.73. The monoisotopic (exact) mass is 569 g/mol. The van der Waals surface area contributed by atoms with Crippen molar-refractivity contribution in [2.45, 2.75) is 38.5 Å². The van der Waals surface area contributed by atoms with E-state index in [2.05, 4.69) is 10.3 Å². The molecule has 1 aliphatic rings. The van der Waals surface area contributed by atoms with E-state index in [0.717, 1.165) is 0 Å². The summed E-state index contributed by atoms with van der Waals surface area (Å²) in [5, 5.41) is 12.0. The van der Waals surface area contributed by atoms with Crippen LogP contribution in [0.4, 0.5) is 13.2 Å². The van der Waals surface area contributed by atoms with Crippen molar-refractivity contribution in [3.8, 4) is 5.75 Å². The summed E-state index contributed by atoms with van der Waals surface area (Å²) in [5.41, 5.74) is -0.357. The summed E-state index contributed by atoms with van der Waals surface area (Å²) < 4.78 is 47.1. The van der Waals surface area contributed by atoms with Gasteiger partial charge in [-0.3, -0.25) is 19.0 Å². The third kappa shape index (κ3) is 6.04. The van der Waals surface area contributed by atoms with Gasteiger partial charge in [-0.2, -0.15) is 13.2 Å². The molecule has 1 fully saturated rings. The molecule has 2 amide bonds. The molecular weight excluding hydrogens is 543 g/mol. The van der Waals surface area contributed by atoms with Crippen LogP contribution in [0.1, 0.15) is 34.7 Å². The lowest BCUT2D eigenvalue weighted by Gasteiger charge is -2.32. The normalized spacial score (nSPS) is 14.6. The number of carbonyl (C=O) groups excluding carboxylic acids is 2. The van der Waals surface area contributed by atoms with E-state index in [0.29, 0.717) is 36.5 Å². The zero-order chi connectivity index (χ0) is 28.5. The number of halogens is 4. The molecule has 1 aromatic carbocycles. The zero-order valence-corrected chi connectivity index (χ0v) is 22.0. The van der Waals surface area contributed by atoms with E-state index in [-0.39, 0.29) is 35.1 Å². The van der Waals surface area contributed by atoms with Crippen molar-refractivity contribution >= 4 is 34.4 Å². The number of rotatable bonds is 7. The van der Waals surface area contributed by atoms with Crippen LogP contribution in [0.2, 0.25) is 5.02 Å². The Morgan fingerprint density at radius 3 is 2.51 bits per heavy atom. The Kier molecular flexibility index (Phi) is 8.21. The molecule has 0 atom stereocenters. The van der Waals surface area contributed by atoms with Gasteiger partial charge in [0.05, 0.1) is 6.54 Å². The van der Waals surface area contributed by atoms with Crippen LogP contribution >= 0.6 is 11.6 Å². The Morgan fingerprint density at radius 2 is 1.90 bits per heavy atom. The Hall–Kier alpha value is -3.58. The lowest BCUT2D eigenvalue weighted by molar-refractivity contribution is -0.153. The number of ether oxygens (including phenoxy) is 1. The SMILES string of the molecule is Cc1nc2c(c(OCC(F)(F)F)c(C(=O)NC3CCN(C(=O)CO)CC3)n2C)c(=O)n1Cc1ccccc1Cl. The van der Waals surface area contributed by atoms with Crippen LogP contribution in [0.3, 0.4) is 0 Å². The molecule has 1 aliphatic heterocycles. The number of carbonyl (C=O) groups is 2. The molecule has 0 aliphatic carbocycles. The summed E-state index contributed by atoms with van der Waals surface area (Å²) in [6, 6.07) is 6.43. The first-order valence-electron chi connectivity index (χ1n) is 12.1. The van der Waals surface area contributed by atoms with Crippen molar-refractivity contribution < 1.29 is 32.6 Å². The highest BCUT2D eigenvalue weighted by molar-refractivity contribution is 6.31. The second-order valence-electron chi connectivity index (χ2n) is 9.27. The first-order chi connectivity index (χ1) is 18.4. The Balaban J connectivity index is 1.74. The van der Waals surface area contributed by atoms with Gasteiger partial charge in [0.1, 0.15) is 17.8 Å². The van der Waals surface area contributed by atoms with Gasteiger partial charge in [0.2, 0.25) is 5.91 Å². The maximum absolute atomic E-state index is 13.6. The molecule has 10 nitrogen and oxygen atoms in total. The van der Waals surface area contributed by atoms with Crippen LogP contribution in [0.15, 0.2) is 29.1 Å². The molecule has 2 aromatic heterocycles. The van der Waals surface area contributed by atoms with Gasteiger partial charge < -0.3 is 24.6 Å². The van der Waals surface area contributed by atoms with Crippen molar-refractivity contribution in [1.82, 2.24) is 24.3 Å². The predicted molar refractivity (Wildman–Crippen MR) is 136 cm³/mol. The summed E-state index contributed by atoms with van der Waals surface area (Å²) >= 11 is 6.25. The van der Waals surface area contributed by atoms with Gasteiger partial charge in [-0.05, 0) is 31.4 Å². The van der Waals surface area contributed by atoms with Gasteiger partial charge in [-0.25, -0.2) is 4.98 Å². The summed E-state index contributed by atoms with van der Waals surface area (Å²) in [4.78, 5) is 44.6. The molecule has 39 heavy (non-hydrogen) atoms. The van der Waals surface area contributed by atoms with E-state index in [1.54, 1.807) is 31.2 Å². The molecular formula is C25H27ClF3N5O5. The molecule has 3 aromatic rings. The number of aryl methyl sites for hydroxylation is 2. The topological polar surface area (TPSA) is 119 Å². The lowest BCUT2D eigenvalue weighted by atomic mass is 10.0. The summed E-state index contributed by atoms with van der Waals surface area (Å²) in [7, 11) is 1.42. The van der Waals surface area contributed by atoms with Gasteiger partial charge in [0, 0.05) is 31.2 Å². The van der Waals surface area contributed by atoms with Gasteiger partial charge in [0.25, 0.3) is 11.5 Å². The minimum absolute atomic E-state index is 0.00130. The number of aliphatic hydroxyl groups is 1. The highest BCUT2D eigenvalue weighted by Gasteiger charge is 2.34. The first kappa shape index (κ1) is 28.4. The maximum atomic E-state index is 13.6. The van der Waals surface area contributed by atoms with Crippen molar-refractivity contribution in [2.24, 2.45) is 7.05 Å². The summed E-state index contributed by atoms with van der Waals surface area (Å²) in [6.45, 7) is -0.163. The van der Waals surface area contributed by atoms with Crippen LogP contribution in [-0.4, -0.2) is 74.5 Å². The first-order valence-corrected chi connectivity index (χ1v) is 12.5. The number of nitrogens with zero attached hydrogens (tertiary/aromatic N) is 4. The number of fused-ring (bicyclic) bond motifs is 1. The number of likely N-dealkylation sites (tertiary alicyclic amines) is 1. The molecule has 0 bridgehead atoms. The van der Waals surface area contributed by atoms with E-state index in [1.165, 1.54) is 21.1 Å². The number of hydrogen-bond acceptors (Lipinski definition) is 6. The smallest absolute Gasteiger partial charge is 0.422 e. The molecule has 1 saturated heterocycles. The third-order valence-electron chi connectivity index (χ3n) is 6.64. The number of aliphatic hydroxyl groups excluding tert-OH is 1. The zero-order valence-electron chi connectivity index (χ0n) is 21.2. The molecule has 3 heterocycles. The Bertz CT molecular complexity index is 1460. The molecule has 0 spiro atoms. The molecule has 210 valence electrons. The van der Waals surface area contributed by atoms with Gasteiger partial charge in [0.15, 0.2) is 23.7 Å². The maximum Gasteiger partial charge on any atom is 0.422 e. The largest absolute Gasteiger partial charge is 0.481 e. The van der Waals surface area contributed by atoms with E-state index in [4.69, 9.17) is 21.4 Å². The number of amides is 2. The number of hydrogen-bond donors (Lipinski definition) is 2. The predicted octanol–water partition coefficient (Wildman–Crippen LogP) is 2.40. The number of benzene rings is 1. The van der Waals surface area contributed by atoms with E-state index in [1.807, 2.05) is 0 Å². The van der Waals surface area contributed by atoms with Gasteiger partial charge >= 0.3 is 6.18 Å².